The van der Waals surface area contributed by atoms with Gasteiger partial charge in [-0.15, -0.1) is 0 Å². The zero-order valence-corrected chi connectivity index (χ0v) is 10.9. The number of halogens is 3. The summed E-state index contributed by atoms with van der Waals surface area (Å²) < 4.78 is 74.9. The molecule has 1 aromatic rings. The van der Waals surface area contributed by atoms with E-state index in [1.54, 1.807) is 0 Å². The van der Waals surface area contributed by atoms with Crippen LogP contribution < -0.4 is 9.47 Å². The van der Waals surface area contributed by atoms with Crippen LogP contribution in [0.5, 0.6) is 11.5 Å². The summed E-state index contributed by atoms with van der Waals surface area (Å²) in [7, 11) is -4.06. The van der Waals surface area contributed by atoms with Crippen LogP contribution in [0.15, 0.2) is 36.4 Å². The summed E-state index contributed by atoms with van der Waals surface area (Å²) in [6.45, 7) is -0.0287. The van der Waals surface area contributed by atoms with Crippen LogP contribution in [0.2, 0.25) is 0 Å². The number of ether oxygens (including phenoxy) is 2. The third kappa shape index (κ3) is 6.43. The van der Waals surface area contributed by atoms with Crippen LogP contribution in [-0.4, -0.2) is 25.3 Å². The van der Waals surface area contributed by atoms with Crippen LogP contribution in [0.25, 0.3) is 0 Å². The van der Waals surface area contributed by atoms with Crippen molar-refractivity contribution in [3.05, 3.63) is 36.4 Å². The molecular weight excluding hydrogens is 301 g/mol. The van der Waals surface area contributed by atoms with E-state index in [-0.39, 0.29) is 24.5 Å². The molecule has 0 heterocycles. The Morgan fingerprint density at radius 1 is 1.20 bits per heavy atom. The molecule has 0 aliphatic rings. The molecule has 0 aromatic heterocycles. The number of hydrogen-bond acceptors (Lipinski definition) is 4. The maximum absolute atomic E-state index is 12.6. The normalized spacial score (nSPS) is 11.0. The third-order valence-corrected chi connectivity index (χ3v) is 2.78. The molecule has 5 nitrogen and oxygen atoms in total. The quantitative estimate of drug-likeness (QED) is 0.476. The molecule has 0 atom stereocenters. The Bertz CT molecular complexity index is 581. The highest BCUT2D eigenvalue weighted by Gasteiger charge is 2.09. The second kappa shape index (κ2) is 7.15. The van der Waals surface area contributed by atoms with E-state index in [2.05, 4.69) is 4.74 Å². The molecule has 0 radical (unpaired) electrons. The van der Waals surface area contributed by atoms with E-state index >= 15 is 0 Å². The smallest absolute Gasteiger partial charge is 0.344 e. The van der Waals surface area contributed by atoms with E-state index in [1.807, 2.05) is 0 Å². The molecule has 20 heavy (non-hydrogen) atoms. The predicted octanol–water partition coefficient (Wildman–Crippen LogP) is 2.76. The van der Waals surface area contributed by atoms with Crippen LogP contribution in [-0.2, 0) is 10.1 Å². The van der Waals surface area contributed by atoms with Crippen molar-refractivity contribution in [2.24, 2.45) is 0 Å². The topological polar surface area (TPSA) is 72.8 Å². The molecule has 0 saturated carbocycles. The molecule has 1 rings (SSSR count). The van der Waals surface area contributed by atoms with Gasteiger partial charge < -0.3 is 9.47 Å². The molecule has 0 saturated heterocycles. The van der Waals surface area contributed by atoms with Gasteiger partial charge in [0.15, 0.2) is 0 Å². The number of benzene rings is 1. The molecule has 0 amide bonds. The molecule has 112 valence electrons. The molecule has 1 N–H and O–H groups in total. The summed E-state index contributed by atoms with van der Waals surface area (Å²) in [5.74, 6) is -0.472. The lowest BCUT2D eigenvalue weighted by Crippen LogP contribution is -2.08. The van der Waals surface area contributed by atoms with Crippen molar-refractivity contribution < 1.29 is 35.6 Å². The average Bonchev–Trinajstić information content (AvgIpc) is 2.34. The maximum atomic E-state index is 12.6. The second-order valence-corrected chi connectivity index (χ2v) is 5.17. The fraction of sp³-hybridized carbons (Fsp3) is 0.273. The minimum absolute atomic E-state index is 0.0287. The van der Waals surface area contributed by atoms with E-state index in [0.29, 0.717) is 0 Å². The highest BCUT2D eigenvalue weighted by Crippen LogP contribution is 2.23. The lowest BCUT2D eigenvalue weighted by molar-refractivity contribution is 0.240. The van der Waals surface area contributed by atoms with Crippen molar-refractivity contribution in [3.63, 3.8) is 0 Å². The van der Waals surface area contributed by atoms with Crippen LogP contribution >= 0.6 is 0 Å². The van der Waals surface area contributed by atoms with Gasteiger partial charge in [-0.05, 0) is 18.6 Å². The van der Waals surface area contributed by atoms with E-state index < -0.39 is 28.0 Å². The van der Waals surface area contributed by atoms with E-state index in [4.69, 9.17) is 9.29 Å². The summed E-state index contributed by atoms with van der Waals surface area (Å²) in [4.78, 5) is 0. The van der Waals surface area contributed by atoms with Gasteiger partial charge in [-0.1, -0.05) is 6.07 Å². The van der Waals surface area contributed by atoms with Crippen molar-refractivity contribution >= 4 is 10.1 Å². The summed E-state index contributed by atoms with van der Waals surface area (Å²) >= 11 is 0. The monoisotopic (exact) mass is 312 g/mol. The highest BCUT2D eigenvalue weighted by molar-refractivity contribution is 7.85. The molecule has 0 aliphatic carbocycles. The SMILES string of the molecule is O=S(=O)(O)CCCOc1cccc(OC(F)=C(F)F)c1. The van der Waals surface area contributed by atoms with Gasteiger partial charge in [0.1, 0.15) is 11.5 Å². The van der Waals surface area contributed by atoms with Crippen molar-refractivity contribution in [3.8, 4) is 11.5 Å². The Kier molecular flexibility index (Phi) is 5.83. The van der Waals surface area contributed by atoms with Gasteiger partial charge in [0.05, 0.1) is 12.4 Å². The summed E-state index contributed by atoms with van der Waals surface area (Å²) in [5.41, 5.74) is 0. The number of rotatable bonds is 7. The van der Waals surface area contributed by atoms with Crippen molar-refractivity contribution in [2.45, 2.75) is 6.42 Å². The molecule has 9 heteroatoms. The number of hydrogen-bond donors (Lipinski definition) is 1. The molecular formula is C11H11F3O5S. The average molecular weight is 312 g/mol. The first-order chi connectivity index (χ1) is 9.28. The zero-order chi connectivity index (χ0) is 15.2. The predicted molar refractivity (Wildman–Crippen MR) is 63.9 cm³/mol. The third-order valence-electron chi connectivity index (χ3n) is 1.98. The van der Waals surface area contributed by atoms with Gasteiger partial charge in [-0.25, -0.2) is 0 Å². The Balaban J connectivity index is 2.54. The van der Waals surface area contributed by atoms with Gasteiger partial charge in [0, 0.05) is 6.07 Å². The van der Waals surface area contributed by atoms with Crippen LogP contribution in [0.4, 0.5) is 13.2 Å². The fourth-order valence-corrected chi connectivity index (χ4v) is 1.68. The molecule has 0 aliphatic heterocycles. The first-order valence-corrected chi connectivity index (χ1v) is 6.95. The van der Waals surface area contributed by atoms with Crippen molar-refractivity contribution in [1.29, 1.82) is 0 Å². The van der Waals surface area contributed by atoms with Gasteiger partial charge in [0.25, 0.3) is 10.1 Å². The van der Waals surface area contributed by atoms with Gasteiger partial charge in [-0.2, -0.15) is 21.6 Å². The largest absolute Gasteiger partial charge is 0.493 e. The van der Waals surface area contributed by atoms with Gasteiger partial charge in [-0.3, -0.25) is 4.55 Å². The summed E-state index contributed by atoms with van der Waals surface area (Å²) in [6.07, 6.45) is -2.54. The van der Waals surface area contributed by atoms with E-state index in [1.165, 1.54) is 18.2 Å². The Morgan fingerprint density at radius 2 is 1.85 bits per heavy atom. The zero-order valence-electron chi connectivity index (χ0n) is 10.1. The van der Waals surface area contributed by atoms with Crippen LogP contribution in [0.1, 0.15) is 6.42 Å². The second-order valence-electron chi connectivity index (χ2n) is 3.60. The Labute approximate surface area is 113 Å². The summed E-state index contributed by atoms with van der Waals surface area (Å²) in [6, 6.07) is 3.24. The molecule has 0 fully saturated rings. The van der Waals surface area contributed by atoms with Crippen molar-refractivity contribution in [2.75, 3.05) is 12.4 Å². The first kappa shape index (κ1) is 16.3. The van der Waals surface area contributed by atoms with Crippen molar-refractivity contribution in [1.82, 2.24) is 0 Å². The lowest BCUT2D eigenvalue weighted by Gasteiger charge is -2.07. The summed E-state index contributed by atoms with van der Waals surface area (Å²) in [5, 5.41) is 0. The minimum atomic E-state index is -4.06. The fourth-order valence-electron chi connectivity index (χ4n) is 1.20. The minimum Gasteiger partial charge on any atom is -0.493 e. The van der Waals surface area contributed by atoms with Crippen LogP contribution in [0, 0.1) is 0 Å². The molecule has 0 unspecified atom stereocenters. The van der Waals surface area contributed by atoms with Crippen LogP contribution in [0.3, 0.4) is 0 Å². The standard InChI is InChI=1S/C11H11F3O5S/c12-10(13)11(14)19-9-4-1-3-8(7-9)18-5-2-6-20(15,16)17/h1,3-4,7H,2,5-6H2,(H,15,16,17). The molecule has 1 aromatic carbocycles. The molecule has 0 bridgehead atoms. The Hall–Kier alpha value is -1.74. The maximum Gasteiger partial charge on any atom is 0.344 e. The first-order valence-electron chi connectivity index (χ1n) is 5.34. The van der Waals surface area contributed by atoms with E-state index in [9.17, 15) is 21.6 Å². The van der Waals surface area contributed by atoms with Gasteiger partial charge in [0.2, 0.25) is 0 Å². The Morgan fingerprint density at radius 3 is 2.45 bits per heavy atom. The highest BCUT2D eigenvalue weighted by atomic mass is 32.2. The van der Waals surface area contributed by atoms with E-state index in [0.717, 1.165) is 6.07 Å². The lowest BCUT2D eigenvalue weighted by atomic mass is 10.3. The van der Waals surface area contributed by atoms with Gasteiger partial charge >= 0.3 is 12.1 Å². The molecule has 0 spiro atoms.